The van der Waals surface area contributed by atoms with Crippen LogP contribution in [0.15, 0.2) is 46.4 Å². The van der Waals surface area contributed by atoms with Gasteiger partial charge in [-0.05, 0) is 65.2 Å². The maximum atomic E-state index is 12.6. The van der Waals surface area contributed by atoms with E-state index in [9.17, 15) is 10.1 Å². The van der Waals surface area contributed by atoms with Gasteiger partial charge in [-0.1, -0.05) is 19.1 Å². The number of benzene rings is 2. The molecular formula is C22H23BrN2O4. The number of hydrogen-bond acceptors (Lipinski definition) is 5. The third-order valence-corrected chi connectivity index (χ3v) is 4.40. The molecule has 2 rings (SSSR count). The lowest BCUT2D eigenvalue weighted by Gasteiger charge is -2.13. The SMILES string of the molecule is CCCOc1c(Br)cc(/C=C(\C#N)C(=O)Nc2ccccc2OCC)cc1OC. The summed E-state index contributed by atoms with van der Waals surface area (Å²) in [4.78, 5) is 12.6. The van der Waals surface area contributed by atoms with Crippen LogP contribution in [-0.4, -0.2) is 26.2 Å². The summed E-state index contributed by atoms with van der Waals surface area (Å²) in [5.74, 6) is 1.11. The number of nitriles is 1. The van der Waals surface area contributed by atoms with Gasteiger partial charge in [-0.2, -0.15) is 5.26 Å². The first kappa shape index (κ1) is 22.3. The molecule has 0 aromatic heterocycles. The fourth-order valence-electron chi connectivity index (χ4n) is 2.52. The summed E-state index contributed by atoms with van der Waals surface area (Å²) in [5, 5.41) is 12.2. The molecule has 0 saturated carbocycles. The van der Waals surface area contributed by atoms with Crippen molar-refractivity contribution in [3.8, 4) is 23.3 Å². The fourth-order valence-corrected chi connectivity index (χ4v) is 3.10. The Morgan fingerprint density at radius 1 is 1.21 bits per heavy atom. The lowest BCUT2D eigenvalue weighted by Crippen LogP contribution is -2.14. The summed E-state index contributed by atoms with van der Waals surface area (Å²) >= 11 is 3.46. The van der Waals surface area contributed by atoms with Gasteiger partial charge in [0, 0.05) is 0 Å². The van der Waals surface area contributed by atoms with E-state index in [4.69, 9.17) is 14.2 Å². The monoisotopic (exact) mass is 458 g/mol. The molecule has 0 bridgehead atoms. The van der Waals surface area contributed by atoms with Crippen molar-refractivity contribution in [1.82, 2.24) is 0 Å². The highest BCUT2D eigenvalue weighted by Gasteiger charge is 2.15. The van der Waals surface area contributed by atoms with E-state index in [0.29, 0.717) is 46.2 Å². The molecule has 1 N–H and O–H groups in total. The number of nitrogens with one attached hydrogen (secondary N) is 1. The lowest BCUT2D eigenvalue weighted by atomic mass is 10.1. The number of ether oxygens (including phenoxy) is 3. The number of hydrogen-bond donors (Lipinski definition) is 1. The van der Waals surface area contributed by atoms with E-state index in [-0.39, 0.29) is 5.57 Å². The molecule has 152 valence electrons. The summed E-state index contributed by atoms with van der Waals surface area (Å²) in [7, 11) is 1.54. The number of rotatable bonds is 9. The van der Waals surface area contributed by atoms with Crippen LogP contribution in [0.3, 0.4) is 0 Å². The molecule has 0 atom stereocenters. The Kier molecular flexibility index (Phi) is 8.56. The number of halogens is 1. The predicted molar refractivity (Wildman–Crippen MR) is 116 cm³/mol. The number of carbonyl (C=O) groups is 1. The summed E-state index contributed by atoms with van der Waals surface area (Å²) in [6.45, 7) is 4.89. The molecule has 0 aliphatic carbocycles. The van der Waals surface area contributed by atoms with Gasteiger partial charge in [0.1, 0.15) is 17.4 Å². The second-order valence-corrected chi connectivity index (χ2v) is 6.79. The van der Waals surface area contributed by atoms with Gasteiger partial charge < -0.3 is 19.5 Å². The summed E-state index contributed by atoms with van der Waals surface area (Å²) in [6, 6.07) is 12.5. The third kappa shape index (κ3) is 6.00. The van der Waals surface area contributed by atoms with Gasteiger partial charge in [-0.3, -0.25) is 4.79 Å². The second kappa shape index (κ2) is 11.1. The van der Waals surface area contributed by atoms with Crippen molar-refractivity contribution in [2.45, 2.75) is 20.3 Å². The van der Waals surface area contributed by atoms with Crippen molar-refractivity contribution < 1.29 is 19.0 Å². The molecule has 0 saturated heterocycles. The zero-order valence-electron chi connectivity index (χ0n) is 16.6. The predicted octanol–water partition coefficient (Wildman–Crippen LogP) is 5.19. The van der Waals surface area contributed by atoms with E-state index in [1.54, 1.807) is 30.3 Å². The highest BCUT2D eigenvalue weighted by molar-refractivity contribution is 9.10. The number of methoxy groups -OCH3 is 1. The highest BCUT2D eigenvalue weighted by Crippen LogP contribution is 2.37. The second-order valence-electron chi connectivity index (χ2n) is 5.94. The Labute approximate surface area is 179 Å². The molecule has 7 heteroatoms. The van der Waals surface area contributed by atoms with Gasteiger partial charge in [-0.25, -0.2) is 0 Å². The number of amides is 1. The molecule has 0 unspecified atom stereocenters. The van der Waals surface area contributed by atoms with Crippen molar-refractivity contribution in [3.05, 3.63) is 52.0 Å². The average molecular weight is 459 g/mol. The van der Waals surface area contributed by atoms with Gasteiger partial charge in [0.05, 0.1) is 30.5 Å². The van der Waals surface area contributed by atoms with Crippen LogP contribution in [0.5, 0.6) is 17.2 Å². The number of nitrogens with zero attached hydrogens (tertiary/aromatic N) is 1. The van der Waals surface area contributed by atoms with E-state index >= 15 is 0 Å². The van der Waals surface area contributed by atoms with Gasteiger partial charge >= 0.3 is 0 Å². The molecule has 29 heavy (non-hydrogen) atoms. The van der Waals surface area contributed by atoms with Crippen molar-refractivity contribution >= 4 is 33.6 Å². The molecule has 6 nitrogen and oxygen atoms in total. The van der Waals surface area contributed by atoms with Crippen molar-refractivity contribution in [2.24, 2.45) is 0 Å². The average Bonchev–Trinajstić information content (AvgIpc) is 2.72. The molecule has 0 radical (unpaired) electrons. The van der Waals surface area contributed by atoms with E-state index in [2.05, 4.69) is 21.2 Å². The number of carbonyl (C=O) groups excluding carboxylic acids is 1. The molecule has 1 amide bonds. The van der Waals surface area contributed by atoms with Gasteiger partial charge in [-0.15, -0.1) is 0 Å². The Balaban J connectivity index is 2.31. The maximum absolute atomic E-state index is 12.6. The highest BCUT2D eigenvalue weighted by atomic mass is 79.9. The third-order valence-electron chi connectivity index (χ3n) is 3.81. The first-order chi connectivity index (χ1) is 14.0. The Morgan fingerprint density at radius 3 is 2.62 bits per heavy atom. The fraction of sp³-hybridized carbons (Fsp3) is 0.273. The lowest BCUT2D eigenvalue weighted by molar-refractivity contribution is -0.112. The van der Waals surface area contributed by atoms with Gasteiger partial charge in [0.2, 0.25) is 0 Å². The van der Waals surface area contributed by atoms with E-state index < -0.39 is 5.91 Å². The molecule has 2 aromatic rings. The minimum Gasteiger partial charge on any atom is -0.493 e. The van der Waals surface area contributed by atoms with Crippen molar-refractivity contribution in [3.63, 3.8) is 0 Å². The van der Waals surface area contributed by atoms with Crippen LogP contribution >= 0.6 is 15.9 Å². The topological polar surface area (TPSA) is 80.6 Å². The van der Waals surface area contributed by atoms with Crippen LogP contribution in [-0.2, 0) is 4.79 Å². The summed E-state index contributed by atoms with van der Waals surface area (Å²) in [5.41, 5.74) is 1.08. The molecule has 0 fully saturated rings. The molecule has 0 heterocycles. The summed E-state index contributed by atoms with van der Waals surface area (Å²) in [6.07, 6.45) is 2.36. The molecule has 0 spiro atoms. The molecule has 0 aliphatic heterocycles. The quantitative estimate of drug-likeness (QED) is 0.412. The van der Waals surface area contributed by atoms with Crippen LogP contribution in [0.25, 0.3) is 6.08 Å². The minimum absolute atomic E-state index is 0.0486. The molecule has 0 aliphatic rings. The van der Waals surface area contributed by atoms with Crippen LogP contribution in [0, 0.1) is 11.3 Å². The first-order valence-corrected chi connectivity index (χ1v) is 9.98. The molecule has 2 aromatic carbocycles. The van der Waals surface area contributed by atoms with E-state index in [1.165, 1.54) is 13.2 Å². The van der Waals surface area contributed by atoms with Crippen molar-refractivity contribution in [1.29, 1.82) is 5.26 Å². The standard InChI is InChI=1S/C22H23BrN2O4/c1-4-10-29-21-17(23)12-15(13-20(21)27-3)11-16(14-24)22(26)25-18-8-6-7-9-19(18)28-5-2/h6-9,11-13H,4-5,10H2,1-3H3,(H,25,26)/b16-11+. The van der Waals surface area contributed by atoms with Crippen LogP contribution in [0.2, 0.25) is 0 Å². The van der Waals surface area contributed by atoms with Crippen LogP contribution in [0.1, 0.15) is 25.8 Å². The zero-order valence-corrected chi connectivity index (χ0v) is 18.2. The normalized spacial score (nSPS) is 10.8. The number of para-hydroxylation sites is 2. The Hall–Kier alpha value is -2.98. The zero-order chi connectivity index (χ0) is 21.2. The number of anilines is 1. The van der Waals surface area contributed by atoms with Crippen LogP contribution in [0.4, 0.5) is 5.69 Å². The first-order valence-electron chi connectivity index (χ1n) is 9.19. The van der Waals surface area contributed by atoms with Gasteiger partial charge in [0.25, 0.3) is 5.91 Å². The van der Waals surface area contributed by atoms with Crippen LogP contribution < -0.4 is 19.5 Å². The van der Waals surface area contributed by atoms with Gasteiger partial charge in [0.15, 0.2) is 11.5 Å². The Bertz CT molecular complexity index is 935. The summed E-state index contributed by atoms with van der Waals surface area (Å²) < 4.78 is 17.3. The minimum atomic E-state index is -0.527. The smallest absolute Gasteiger partial charge is 0.266 e. The van der Waals surface area contributed by atoms with Crippen molar-refractivity contribution in [2.75, 3.05) is 25.6 Å². The maximum Gasteiger partial charge on any atom is 0.266 e. The van der Waals surface area contributed by atoms with E-state index in [1.807, 2.05) is 26.0 Å². The van der Waals surface area contributed by atoms with E-state index in [0.717, 1.165) is 6.42 Å². The largest absolute Gasteiger partial charge is 0.493 e. The Morgan fingerprint density at radius 2 is 1.97 bits per heavy atom. The molecular weight excluding hydrogens is 436 g/mol.